The first kappa shape index (κ1) is 13.9. The molecule has 0 amide bonds. The van der Waals surface area contributed by atoms with E-state index >= 15 is 0 Å². The average Bonchev–Trinajstić information content (AvgIpc) is 2.75. The van der Waals surface area contributed by atoms with Crippen LogP contribution in [0.2, 0.25) is 0 Å². The first-order valence-electron chi connectivity index (χ1n) is 6.92. The molecule has 1 unspecified atom stereocenters. The van der Waals surface area contributed by atoms with Gasteiger partial charge in [0.15, 0.2) is 0 Å². The molecule has 2 N–H and O–H groups in total. The predicted molar refractivity (Wildman–Crippen MR) is 85.6 cm³/mol. The molecule has 2 aromatic rings. The van der Waals surface area contributed by atoms with E-state index in [2.05, 4.69) is 0 Å². The molecule has 1 aliphatic heterocycles. The van der Waals surface area contributed by atoms with Crippen LogP contribution in [-0.2, 0) is 22.2 Å². The van der Waals surface area contributed by atoms with Crippen molar-refractivity contribution in [2.75, 3.05) is 10.0 Å². The third-order valence-electron chi connectivity index (χ3n) is 3.75. The van der Waals surface area contributed by atoms with Crippen LogP contribution in [0.25, 0.3) is 0 Å². The van der Waals surface area contributed by atoms with E-state index < -0.39 is 10.0 Å². The van der Waals surface area contributed by atoms with Gasteiger partial charge in [0, 0.05) is 11.7 Å². The quantitative estimate of drug-likeness (QED) is 0.886. The fraction of sp³-hybridized carbons (Fsp3) is 0.250. The minimum Gasteiger partial charge on any atom is -0.399 e. The van der Waals surface area contributed by atoms with Crippen molar-refractivity contribution < 1.29 is 8.42 Å². The second-order valence-corrected chi connectivity index (χ2v) is 7.32. The Bertz CT molecular complexity index is 757. The van der Waals surface area contributed by atoms with Gasteiger partial charge in [-0.1, -0.05) is 30.3 Å². The van der Waals surface area contributed by atoms with Crippen LogP contribution in [0.1, 0.15) is 18.1 Å². The number of nitrogens with zero attached hydrogens (tertiary/aromatic N) is 1. The van der Waals surface area contributed by atoms with E-state index in [0.29, 0.717) is 12.1 Å². The number of nitrogen functional groups attached to an aromatic ring is 1. The first-order chi connectivity index (χ1) is 9.97. The minimum absolute atomic E-state index is 0.0159. The van der Waals surface area contributed by atoms with Gasteiger partial charge in [0.05, 0.1) is 11.4 Å². The molecule has 0 radical (unpaired) electrons. The van der Waals surface area contributed by atoms with Crippen LogP contribution in [0.15, 0.2) is 48.5 Å². The third kappa shape index (κ3) is 2.61. The maximum atomic E-state index is 12.8. The first-order valence-corrected chi connectivity index (χ1v) is 8.53. The summed E-state index contributed by atoms with van der Waals surface area (Å²) in [6.45, 7) is 1.93. The number of fused-ring (bicyclic) bond motifs is 1. The lowest BCUT2D eigenvalue weighted by atomic mass is 10.1. The van der Waals surface area contributed by atoms with E-state index in [1.807, 2.05) is 43.3 Å². The average molecular weight is 302 g/mol. The molecular weight excluding hydrogens is 284 g/mol. The van der Waals surface area contributed by atoms with Crippen LogP contribution in [0, 0.1) is 0 Å². The second kappa shape index (κ2) is 5.07. The van der Waals surface area contributed by atoms with Crippen molar-refractivity contribution in [2.45, 2.75) is 25.1 Å². The van der Waals surface area contributed by atoms with Gasteiger partial charge in [-0.2, -0.15) is 0 Å². The van der Waals surface area contributed by atoms with Gasteiger partial charge in [0.25, 0.3) is 0 Å². The van der Waals surface area contributed by atoms with E-state index in [-0.39, 0.29) is 11.8 Å². The van der Waals surface area contributed by atoms with Crippen LogP contribution < -0.4 is 10.0 Å². The molecule has 110 valence electrons. The molecule has 1 atom stereocenters. The lowest BCUT2D eigenvalue weighted by molar-refractivity contribution is 0.583. The molecule has 0 spiro atoms. The van der Waals surface area contributed by atoms with E-state index in [4.69, 9.17) is 5.73 Å². The maximum absolute atomic E-state index is 12.8. The van der Waals surface area contributed by atoms with E-state index in [1.165, 1.54) is 4.31 Å². The Morgan fingerprint density at radius 2 is 1.90 bits per heavy atom. The van der Waals surface area contributed by atoms with Gasteiger partial charge in [-0.25, -0.2) is 8.42 Å². The Morgan fingerprint density at radius 3 is 2.62 bits per heavy atom. The van der Waals surface area contributed by atoms with Gasteiger partial charge in [0.1, 0.15) is 0 Å². The van der Waals surface area contributed by atoms with Gasteiger partial charge in [-0.3, -0.25) is 4.31 Å². The third-order valence-corrected chi connectivity index (χ3v) is 5.60. The summed E-state index contributed by atoms with van der Waals surface area (Å²) >= 11 is 0. The summed E-state index contributed by atoms with van der Waals surface area (Å²) in [7, 11) is -3.40. The SMILES string of the molecule is CC1Cc2cc(N)ccc2N1S(=O)(=O)Cc1ccccc1. The summed E-state index contributed by atoms with van der Waals surface area (Å²) in [6.07, 6.45) is 0.703. The Kier molecular flexibility index (Phi) is 3.37. The Hall–Kier alpha value is -2.01. The molecule has 0 aromatic heterocycles. The molecule has 1 heterocycles. The molecule has 0 saturated carbocycles. The van der Waals surface area contributed by atoms with Crippen molar-refractivity contribution >= 4 is 21.4 Å². The molecule has 0 bridgehead atoms. The van der Waals surface area contributed by atoms with Gasteiger partial charge >= 0.3 is 0 Å². The number of nitrogens with two attached hydrogens (primary N) is 1. The zero-order valence-corrected chi connectivity index (χ0v) is 12.7. The van der Waals surface area contributed by atoms with E-state index in [0.717, 1.165) is 16.8 Å². The highest BCUT2D eigenvalue weighted by Gasteiger charge is 2.34. The Balaban J connectivity index is 1.97. The van der Waals surface area contributed by atoms with Crippen molar-refractivity contribution in [3.63, 3.8) is 0 Å². The zero-order chi connectivity index (χ0) is 15.0. The van der Waals surface area contributed by atoms with E-state index in [1.54, 1.807) is 12.1 Å². The van der Waals surface area contributed by atoms with E-state index in [9.17, 15) is 8.42 Å². The van der Waals surface area contributed by atoms with Gasteiger partial charge in [-0.05, 0) is 42.7 Å². The molecule has 3 rings (SSSR count). The largest absolute Gasteiger partial charge is 0.399 e. The maximum Gasteiger partial charge on any atom is 0.239 e. The van der Waals surface area contributed by atoms with Crippen molar-refractivity contribution in [3.8, 4) is 0 Å². The Labute approximate surface area is 125 Å². The highest BCUT2D eigenvalue weighted by Crippen LogP contribution is 2.36. The number of anilines is 2. The number of rotatable bonds is 3. The minimum atomic E-state index is -3.40. The number of sulfonamides is 1. The summed E-state index contributed by atoms with van der Waals surface area (Å²) in [4.78, 5) is 0. The van der Waals surface area contributed by atoms with Crippen LogP contribution in [0.5, 0.6) is 0 Å². The van der Waals surface area contributed by atoms with Crippen LogP contribution in [0.4, 0.5) is 11.4 Å². The summed E-state index contributed by atoms with van der Waals surface area (Å²) in [5, 5.41) is 0. The summed E-state index contributed by atoms with van der Waals surface area (Å²) in [5.41, 5.74) is 9.01. The molecule has 1 aliphatic rings. The normalized spacial score (nSPS) is 17.8. The van der Waals surface area contributed by atoms with Crippen molar-refractivity contribution in [1.82, 2.24) is 0 Å². The molecular formula is C16H18N2O2S. The monoisotopic (exact) mass is 302 g/mol. The van der Waals surface area contributed by atoms with Crippen molar-refractivity contribution in [1.29, 1.82) is 0 Å². The zero-order valence-electron chi connectivity index (χ0n) is 11.9. The molecule has 0 fully saturated rings. The van der Waals surface area contributed by atoms with Crippen molar-refractivity contribution in [3.05, 3.63) is 59.7 Å². The highest BCUT2D eigenvalue weighted by molar-refractivity contribution is 7.92. The summed E-state index contributed by atoms with van der Waals surface area (Å²) < 4.78 is 27.0. The lowest BCUT2D eigenvalue weighted by Crippen LogP contribution is -2.36. The van der Waals surface area contributed by atoms with Gasteiger partial charge in [0.2, 0.25) is 10.0 Å². The lowest BCUT2D eigenvalue weighted by Gasteiger charge is -2.24. The Morgan fingerprint density at radius 1 is 1.19 bits per heavy atom. The molecule has 0 aliphatic carbocycles. The topological polar surface area (TPSA) is 63.4 Å². The standard InChI is InChI=1S/C16H18N2O2S/c1-12-9-14-10-15(17)7-8-16(14)18(12)21(19,20)11-13-5-3-2-4-6-13/h2-8,10,12H,9,11,17H2,1H3. The number of hydrogen-bond donors (Lipinski definition) is 1. The summed E-state index contributed by atoms with van der Waals surface area (Å²) in [6, 6.07) is 14.6. The molecule has 2 aromatic carbocycles. The molecule has 4 nitrogen and oxygen atoms in total. The fourth-order valence-corrected chi connectivity index (χ4v) is 4.75. The molecule has 0 saturated heterocycles. The van der Waals surface area contributed by atoms with Gasteiger partial charge < -0.3 is 5.73 Å². The number of hydrogen-bond acceptors (Lipinski definition) is 3. The highest BCUT2D eigenvalue weighted by atomic mass is 32.2. The van der Waals surface area contributed by atoms with Crippen LogP contribution in [0.3, 0.4) is 0 Å². The smallest absolute Gasteiger partial charge is 0.239 e. The number of benzene rings is 2. The molecule has 5 heteroatoms. The summed E-state index contributed by atoms with van der Waals surface area (Å²) in [5.74, 6) is 0.0159. The predicted octanol–water partition coefficient (Wildman–Crippen LogP) is 2.55. The second-order valence-electron chi connectivity index (χ2n) is 5.48. The van der Waals surface area contributed by atoms with Gasteiger partial charge in [-0.15, -0.1) is 0 Å². The van der Waals surface area contributed by atoms with Crippen molar-refractivity contribution in [2.24, 2.45) is 0 Å². The fourth-order valence-electron chi connectivity index (χ4n) is 2.90. The van der Waals surface area contributed by atoms with Crippen LogP contribution >= 0.6 is 0 Å². The van der Waals surface area contributed by atoms with Crippen LogP contribution in [-0.4, -0.2) is 14.5 Å². The molecule has 21 heavy (non-hydrogen) atoms.